The Labute approximate surface area is 85.7 Å². The highest BCUT2D eigenvalue weighted by Crippen LogP contribution is 2.05. The van der Waals surface area contributed by atoms with E-state index in [0.717, 1.165) is 0 Å². The first kappa shape index (κ1) is 14.9. The zero-order valence-corrected chi connectivity index (χ0v) is 10.1. The maximum atomic E-state index is 7.57. The molecule has 0 radical (unpaired) electrons. The average molecular weight is 239 g/mol. The quantitative estimate of drug-likeness (QED) is 0.553. The first-order valence-corrected chi connectivity index (χ1v) is 6.12. The third-order valence-electron chi connectivity index (χ3n) is 1.49. The molecule has 0 saturated heterocycles. The maximum Gasteiger partial charge on any atom is 0.0402 e. The Kier molecular flexibility index (Phi) is 21.8. The van der Waals surface area contributed by atoms with Gasteiger partial charge in [0.15, 0.2) is 0 Å². The highest BCUT2D eigenvalue weighted by atomic mass is 79.9. The second-order valence-electron chi connectivity index (χ2n) is 2.77. The van der Waals surface area contributed by atoms with Crippen molar-refractivity contribution in [2.24, 2.45) is 0 Å². The van der Waals surface area contributed by atoms with Crippen molar-refractivity contribution in [1.29, 1.82) is 0 Å². The Morgan fingerprint density at radius 2 is 1.33 bits per heavy atom. The Bertz CT molecular complexity index is 51.8. The van der Waals surface area contributed by atoms with Gasteiger partial charge in [0.1, 0.15) is 0 Å². The molecular weight excluding hydrogens is 216 g/mol. The summed E-state index contributed by atoms with van der Waals surface area (Å²) in [4.78, 5) is 0. The van der Waals surface area contributed by atoms with E-state index >= 15 is 0 Å². The lowest BCUT2D eigenvalue weighted by Crippen LogP contribution is -1.78. The van der Waals surface area contributed by atoms with E-state index in [1.54, 1.807) is 6.92 Å². The van der Waals surface area contributed by atoms with Crippen LogP contribution in [-0.2, 0) is 0 Å². The van der Waals surface area contributed by atoms with Crippen LogP contribution in [0.5, 0.6) is 0 Å². The van der Waals surface area contributed by atoms with Crippen LogP contribution < -0.4 is 0 Å². The van der Waals surface area contributed by atoms with Crippen molar-refractivity contribution >= 4 is 15.9 Å². The number of hydrogen-bond acceptors (Lipinski definition) is 1. The van der Waals surface area contributed by atoms with Gasteiger partial charge in [0.05, 0.1) is 0 Å². The fraction of sp³-hybridized carbons (Fsp3) is 1.00. The SMILES string of the molecule is CCCCCCCCBr.CCO. The maximum absolute atomic E-state index is 7.57. The van der Waals surface area contributed by atoms with Gasteiger partial charge in [-0.25, -0.2) is 0 Å². The lowest BCUT2D eigenvalue weighted by molar-refractivity contribution is 0.318. The smallest absolute Gasteiger partial charge is 0.0402 e. The molecule has 0 aromatic carbocycles. The van der Waals surface area contributed by atoms with E-state index in [1.165, 1.54) is 43.9 Å². The summed E-state index contributed by atoms with van der Waals surface area (Å²) < 4.78 is 0. The molecule has 0 aromatic heterocycles. The lowest BCUT2D eigenvalue weighted by Gasteiger charge is -1.95. The van der Waals surface area contributed by atoms with Gasteiger partial charge in [-0.3, -0.25) is 0 Å². The van der Waals surface area contributed by atoms with Crippen molar-refractivity contribution in [1.82, 2.24) is 0 Å². The van der Waals surface area contributed by atoms with Gasteiger partial charge in [-0.15, -0.1) is 0 Å². The Morgan fingerprint density at radius 3 is 1.75 bits per heavy atom. The summed E-state index contributed by atoms with van der Waals surface area (Å²) in [5.41, 5.74) is 0. The monoisotopic (exact) mass is 238 g/mol. The molecule has 0 saturated carbocycles. The standard InChI is InChI=1S/C8H17Br.C2H6O/c1-2-3-4-5-6-7-8-9;1-2-3/h2-8H2,1H3;3H,2H2,1H3. The first-order valence-electron chi connectivity index (χ1n) is 5.00. The molecule has 2 heteroatoms. The summed E-state index contributed by atoms with van der Waals surface area (Å²) in [7, 11) is 0. The minimum Gasteiger partial charge on any atom is -0.397 e. The molecule has 0 aromatic rings. The summed E-state index contributed by atoms with van der Waals surface area (Å²) in [6, 6.07) is 0. The minimum absolute atomic E-state index is 0.250. The van der Waals surface area contributed by atoms with Crippen molar-refractivity contribution in [2.45, 2.75) is 52.4 Å². The van der Waals surface area contributed by atoms with Gasteiger partial charge in [0.25, 0.3) is 0 Å². The number of halogens is 1. The van der Waals surface area contributed by atoms with Crippen LogP contribution in [0.3, 0.4) is 0 Å². The van der Waals surface area contributed by atoms with Gasteiger partial charge in [-0.05, 0) is 13.3 Å². The van der Waals surface area contributed by atoms with E-state index in [4.69, 9.17) is 5.11 Å². The van der Waals surface area contributed by atoms with Crippen LogP contribution in [0.25, 0.3) is 0 Å². The van der Waals surface area contributed by atoms with E-state index in [0.29, 0.717) is 0 Å². The van der Waals surface area contributed by atoms with Crippen LogP contribution in [0.2, 0.25) is 0 Å². The molecule has 0 unspecified atom stereocenters. The predicted molar refractivity (Wildman–Crippen MR) is 59.9 cm³/mol. The topological polar surface area (TPSA) is 20.2 Å². The van der Waals surface area contributed by atoms with Crippen molar-refractivity contribution < 1.29 is 5.11 Å². The Balaban J connectivity index is 0. The molecule has 1 nitrogen and oxygen atoms in total. The van der Waals surface area contributed by atoms with E-state index in [-0.39, 0.29) is 6.61 Å². The van der Waals surface area contributed by atoms with Crippen molar-refractivity contribution in [3.05, 3.63) is 0 Å². The Morgan fingerprint density at radius 1 is 0.917 bits per heavy atom. The van der Waals surface area contributed by atoms with E-state index in [1.807, 2.05) is 0 Å². The van der Waals surface area contributed by atoms with E-state index in [2.05, 4.69) is 22.9 Å². The van der Waals surface area contributed by atoms with Crippen LogP contribution in [0.1, 0.15) is 52.4 Å². The number of alkyl halides is 1. The van der Waals surface area contributed by atoms with Gasteiger partial charge in [0, 0.05) is 11.9 Å². The third kappa shape index (κ3) is 22.4. The second-order valence-corrected chi connectivity index (χ2v) is 3.57. The fourth-order valence-electron chi connectivity index (χ4n) is 0.875. The second kappa shape index (κ2) is 17.5. The molecule has 0 aliphatic heterocycles. The molecule has 0 bridgehead atoms. The number of unbranched alkanes of at least 4 members (excludes halogenated alkanes) is 5. The molecule has 0 rings (SSSR count). The zero-order valence-electron chi connectivity index (χ0n) is 8.48. The molecule has 0 atom stereocenters. The van der Waals surface area contributed by atoms with Crippen LogP contribution in [0.15, 0.2) is 0 Å². The number of rotatable bonds is 6. The molecule has 0 aliphatic rings. The molecule has 0 aliphatic carbocycles. The van der Waals surface area contributed by atoms with Crippen LogP contribution in [0, 0.1) is 0 Å². The minimum atomic E-state index is 0.250. The summed E-state index contributed by atoms with van der Waals surface area (Å²) in [5.74, 6) is 0. The molecular formula is C10H23BrO. The zero-order chi connectivity index (χ0) is 9.66. The summed E-state index contributed by atoms with van der Waals surface area (Å²) in [6.45, 7) is 4.19. The van der Waals surface area contributed by atoms with Crippen molar-refractivity contribution in [3.63, 3.8) is 0 Å². The molecule has 1 N–H and O–H groups in total. The summed E-state index contributed by atoms with van der Waals surface area (Å²) >= 11 is 3.42. The normalized spacial score (nSPS) is 9.00. The van der Waals surface area contributed by atoms with Crippen LogP contribution in [0.4, 0.5) is 0 Å². The molecule has 12 heavy (non-hydrogen) atoms. The number of aliphatic hydroxyl groups excluding tert-OH is 1. The Hall–Kier alpha value is 0.440. The molecule has 76 valence electrons. The first-order chi connectivity index (χ1) is 5.83. The summed E-state index contributed by atoms with van der Waals surface area (Å²) in [6.07, 6.45) is 8.40. The predicted octanol–water partition coefficient (Wildman–Crippen LogP) is 3.74. The molecule has 0 spiro atoms. The van der Waals surface area contributed by atoms with E-state index < -0.39 is 0 Å². The highest BCUT2D eigenvalue weighted by Gasteiger charge is 1.86. The largest absolute Gasteiger partial charge is 0.397 e. The van der Waals surface area contributed by atoms with Gasteiger partial charge >= 0.3 is 0 Å². The van der Waals surface area contributed by atoms with Gasteiger partial charge in [-0.2, -0.15) is 0 Å². The lowest BCUT2D eigenvalue weighted by atomic mass is 10.1. The fourth-order valence-corrected chi connectivity index (χ4v) is 1.27. The van der Waals surface area contributed by atoms with Gasteiger partial charge < -0.3 is 5.11 Å². The van der Waals surface area contributed by atoms with Gasteiger partial charge in [0.2, 0.25) is 0 Å². The molecule has 0 heterocycles. The number of hydrogen-bond donors (Lipinski definition) is 1. The summed E-state index contributed by atoms with van der Waals surface area (Å²) in [5, 5.41) is 8.75. The average Bonchev–Trinajstić information content (AvgIpc) is 2.06. The molecule has 0 amide bonds. The van der Waals surface area contributed by atoms with Crippen LogP contribution >= 0.6 is 15.9 Å². The highest BCUT2D eigenvalue weighted by molar-refractivity contribution is 9.09. The van der Waals surface area contributed by atoms with Crippen molar-refractivity contribution in [2.75, 3.05) is 11.9 Å². The molecule has 0 fully saturated rings. The van der Waals surface area contributed by atoms with Crippen molar-refractivity contribution in [3.8, 4) is 0 Å². The van der Waals surface area contributed by atoms with Gasteiger partial charge in [-0.1, -0.05) is 55.0 Å². The van der Waals surface area contributed by atoms with E-state index in [9.17, 15) is 0 Å². The van der Waals surface area contributed by atoms with Crippen LogP contribution in [-0.4, -0.2) is 17.0 Å². The third-order valence-corrected chi connectivity index (χ3v) is 2.05. The number of aliphatic hydroxyl groups is 1.